The summed E-state index contributed by atoms with van der Waals surface area (Å²) < 4.78 is 85.1. The number of benzene rings is 2. The Balaban J connectivity index is 1.57. The van der Waals surface area contributed by atoms with Crippen LogP contribution in [-0.4, -0.2) is 30.2 Å². The molecular formula is C26H20Cl3F6N3O. The van der Waals surface area contributed by atoms with Crippen molar-refractivity contribution in [1.29, 1.82) is 0 Å². The average molecular weight is 611 g/mol. The van der Waals surface area contributed by atoms with E-state index in [4.69, 9.17) is 34.8 Å². The molecule has 1 aliphatic heterocycles. The third-order valence-corrected chi connectivity index (χ3v) is 7.28. The number of hydrogen-bond donors (Lipinski definition) is 1. The van der Waals surface area contributed by atoms with Crippen LogP contribution in [0.4, 0.5) is 32.0 Å². The molecule has 2 heterocycles. The smallest absolute Gasteiger partial charge is 0.370 e. The maximum absolute atomic E-state index is 14.4. The Morgan fingerprint density at radius 1 is 0.974 bits per heavy atom. The molecule has 0 radical (unpaired) electrons. The van der Waals surface area contributed by atoms with E-state index in [2.05, 4.69) is 10.3 Å². The average Bonchev–Trinajstić information content (AvgIpc) is 3.30. The molecule has 208 valence electrons. The fourth-order valence-corrected chi connectivity index (χ4v) is 5.26. The fraction of sp³-hybridized carbons (Fsp3) is 0.308. The van der Waals surface area contributed by atoms with E-state index in [9.17, 15) is 31.1 Å². The number of hydrogen-bond acceptors (Lipinski definition) is 3. The van der Waals surface area contributed by atoms with Gasteiger partial charge in [-0.25, -0.2) is 4.98 Å². The van der Waals surface area contributed by atoms with Crippen molar-refractivity contribution in [2.24, 2.45) is 0 Å². The van der Waals surface area contributed by atoms with Crippen LogP contribution in [-0.2, 0) is 29.4 Å². The second-order valence-corrected chi connectivity index (χ2v) is 10.5. The lowest BCUT2D eigenvalue weighted by molar-refractivity contribution is -0.184. The number of carbonyl (C=O) groups excluding carboxylic acids is 1. The third kappa shape index (κ3) is 6.56. The van der Waals surface area contributed by atoms with Gasteiger partial charge < -0.3 is 10.2 Å². The molecule has 1 unspecified atom stereocenters. The van der Waals surface area contributed by atoms with E-state index in [-0.39, 0.29) is 45.0 Å². The van der Waals surface area contributed by atoms with Gasteiger partial charge >= 0.3 is 12.4 Å². The lowest BCUT2D eigenvalue weighted by Crippen LogP contribution is -2.45. The van der Waals surface area contributed by atoms with Gasteiger partial charge in [-0.2, -0.15) is 26.3 Å². The summed E-state index contributed by atoms with van der Waals surface area (Å²) in [5.74, 6) is -0.536. The summed E-state index contributed by atoms with van der Waals surface area (Å²) in [5, 5.41) is 2.73. The van der Waals surface area contributed by atoms with Crippen LogP contribution in [0.2, 0.25) is 15.2 Å². The number of nitrogens with one attached hydrogen (secondary N) is 1. The molecule has 1 aromatic heterocycles. The van der Waals surface area contributed by atoms with E-state index in [1.807, 2.05) is 0 Å². The SMILES string of the molecule is O=C(Cc1ccc(Cl)nc1)NCc1ccc(N2CCC(c3cc(Cl)cc(Cl)c3)(C(F)(F)F)C2)cc1C(F)(F)F. The molecule has 39 heavy (non-hydrogen) atoms. The zero-order valence-electron chi connectivity index (χ0n) is 19.9. The van der Waals surface area contributed by atoms with Crippen LogP contribution >= 0.6 is 34.8 Å². The summed E-state index contributed by atoms with van der Waals surface area (Å²) in [6.07, 6.45) is -8.66. The molecule has 2 aromatic carbocycles. The zero-order chi connectivity index (χ0) is 28.6. The molecular weight excluding hydrogens is 591 g/mol. The molecule has 4 rings (SSSR count). The van der Waals surface area contributed by atoms with Gasteiger partial charge in [-0.1, -0.05) is 46.9 Å². The van der Waals surface area contributed by atoms with Crippen molar-refractivity contribution in [1.82, 2.24) is 10.3 Å². The van der Waals surface area contributed by atoms with E-state index >= 15 is 0 Å². The summed E-state index contributed by atoms with van der Waals surface area (Å²) in [5.41, 5.74) is -3.31. The fourth-order valence-electron chi connectivity index (χ4n) is 4.62. The number of anilines is 1. The van der Waals surface area contributed by atoms with Gasteiger partial charge in [0.25, 0.3) is 0 Å². The van der Waals surface area contributed by atoms with Crippen LogP contribution in [0.1, 0.15) is 28.7 Å². The zero-order valence-corrected chi connectivity index (χ0v) is 22.2. The quantitative estimate of drug-likeness (QED) is 0.231. The van der Waals surface area contributed by atoms with Crippen molar-refractivity contribution in [2.45, 2.75) is 37.2 Å². The molecule has 0 aliphatic carbocycles. The molecule has 3 aromatic rings. The van der Waals surface area contributed by atoms with Gasteiger partial charge in [-0.3, -0.25) is 4.79 Å². The van der Waals surface area contributed by atoms with Gasteiger partial charge in [-0.15, -0.1) is 0 Å². The molecule has 0 bridgehead atoms. The van der Waals surface area contributed by atoms with Crippen molar-refractivity contribution in [3.05, 3.63) is 92.2 Å². The van der Waals surface area contributed by atoms with E-state index in [0.29, 0.717) is 5.56 Å². The Labute approximate surface area is 234 Å². The number of alkyl halides is 6. The Hall–Kier alpha value is -2.69. The molecule has 1 fully saturated rings. The highest BCUT2D eigenvalue weighted by Gasteiger charge is 2.59. The molecule has 1 atom stereocenters. The van der Waals surface area contributed by atoms with Crippen molar-refractivity contribution < 1.29 is 31.1 Å². The normalized spacial score (nSPS) is 17.9. The summed E-state index contributed by atoms with van der Waals surface area (Å²) in [4.78, 5) is 17.4. The minimum atomic E-state index is -4.81. The van der Waals surface area contributed by atoms with Crippen molar-refractivity contribution >= 4 is 46.4 Å². The molecule has 1 saturated heterocycles. The first-order valence-electron chi connectivity index (χ1n) is 11.5. The number of rotatable bonds is 6. The Morgan fingerprint density at radius 2 is 1.67 bits per heavy atom. The van der Waals surface area contributed by atoms with Crippen molar-refractivity contribution in [3.8, 4) is 0 Å². The topological polar surface area (TPSA) is 45.2 Å². The predicted octanol–water partition coefficient (Wildman–Crippen LogP) is 7.63. The first kappa shape index (κ1) is 29.3. The van der Waals surface area contributed by atoms with Crippen LogP contribution in [0.15, 0.2) is 54.7 Å². The number of amides is 1. The van der Waals surface area contributed by atoms with E-state index < -0.39 is 48.7 Å². The minimum absolute atomic E-state index is 0.0242. The first-order valence-corrected chi connectivity index (χ1v) is 12.7. The number of carbonyl (C=O) groups is 1. The van der Waals surface area contributed by atoms with E-state index in [1.54, 1.807) is 6.07 Å². The first-order chi connectivity index (χ1) is 18.2. The summed E-state index contributed by atoms with van der Waals surface area (Å²) in [6.45, 7) is -1.19. The molecule has 0 saturated carbocycles. The standard InChI is InChI=1S/C26H20Cl3F6N3O/c27-18-8-17(9-19(28)10-18)24(26(33,34)35)5-6-38(14-24)20-3-2-16(21(11-20)25(30,31)32)13-37-23(39)7-15-1-4-22(29)36-12-15/h1-4,8-12H,5-7,13-14H2,(H,37,39). The lowest BCUT2D eigenvalue weighted by atomic mass is 9.79. The maximum Gasteiger partial charge on any atom is 0.416 e. The second kappa shape index (κ2) is 11.1. The summed E-state index contributed by atoms with van der Waals surface area (Å²) in [7, 11) is 0. The number of halogens is 9. The molecule has 1 aliphatic rings. The molecule has 1 N–H and O–H groups in total. The Bertz CT molecular complexity index is 1340. The van der Waals surface area contributed by atoms with Crippen LogP contribution in [0.5, 0.6) is 0 Å². The van der Waals surface area contributed by atoms with Gasteiger partial charge in [-0.05, 0) is 59.5 Å². The maximum atomic E-state index is 14.4. The van der Waals surface area contributed by atoms with Crippen LogP contribution < -0.4 is 10.2 Å². The Kier molecular flexibility index (Phi) is 8.31. The van der Waals surface area contributed by atoms with Gasteiger partial charge in [0.05, 0.1) is 12.0 Å². The van der Waals surface area contributed by atoms with E-state index in [1.165, 1.54) is 41.4 Å². The highest BCUT2D eigenvalue weighted by molar-refractivity contribution is 6.34. The van der Waals surface area contributed by atoms with Gasteiger partial charge in [0.1, 0.15) is 10.6 Å². The lowest BCUT2D eigenvalue weighted by Gasteiger charge is -2.33. The Morgan fingerprint density at radius 3 is 2.26 bits per heavy atom. The van der Waals surface area contributed by atoms with E-state index in [0.717, 1.165) is 12.1 Å². The van der Waals surface area contributed by atoms with Crippen LogP contribution in [0, 0.1) is 0 Å². The summed E-state index contributed by atoms with van der Waals surface area (Å²) in [6, 6.07) is 10.00. The number of aromatic nitrogens is 1. The van der Waals surface area contributed by atoms with Crippen LogP contribution in [0.3, 0.4) is 0 Å². The molecule has 4 nitrogen and oxygen atoms in total. The second-order valence-electron chi connectivity index (χ2n) is 9.19. The third-order valence-electron chi connectivity index (χ3n) is 6.62. The van der Waals surface area contributed by atoms with Crippen molar-refractivity contribution in [2.75, 3.05) is 18.0 Å². The highest BCUT2D eigenvalue weighted by atomic mass is 35.5. The van der Waals surface area contributed by atoms with Gasteiger partial charge in [0, 0.05) is 41.6 Å². The van der Waals surface area contributed by atoms with Crippen molar-refractivity contribution in [3.63, 3.8) is 0 Å². The number of pyridine rings is 1. The van der Waals surface area contributed by atoms with Gasteiger partial charge in [0.15, 0.2) is 0 Å². The highest BCUT2D eigenvalue weighted by Crippen LogP contribution is 2.50. The molecule has 0 spiro atoms. The minimum Gasteiger partial charge on any atom is -0.370 e. The molecule has 1 amide bonds. The number of nitrogens with zero attached hydrogens (tertiary/aromatic N) is 2. The van der Waals surface area contributed by atoms with Crippen LogP contribution in [0.25, 0.3) is 0 Å². The van der Waals surface area contributed by atoms with Gasteiger partial charge in [0.2, 0.25) is 5.91 Å². The molecule has 13 heteroatoms. The monoisotopic (exact) mass is 609 g/mol. The largest absolute Gasteiger partial charge is 0.416 e. The summed E-state index contributed by atoms with van der Waals surface area (Å²) >= 11 is 17.6. The predicted molar refractivity (Wildman–Crippen MR) is 137 cm³/mol.